The van der Waals surface area contributed by atoms with Crippen molar-refractivity contribution >= 4 is 18.3 Å². The van der Waals surface area contributed by atoms with E-state index in [1.807, 2.05) is 6.08 Å². The van der Waals surface area contributed by atoms with Gasteiger partial charge in [0.2, 0.25) is 5.91 Å². The van der Waals surface area contributed by atoms with E-state index in [1.165, 1.54) is 0 Å². The Morgan fingerprint density at radius 2 is 2.38 bits per heavy atom. The summed E-state index contributed by atoms with van der Waals surface area (Å²) in [6.45, 7) is 1.70. The van der Waals surface area contributed by atoms with Gasteiger partial charge in [-0.25, -0.2) is 0 Å². The largest absolute Gasteiger partial charge is 0.349 e. The number of carbonyl (C=O) groups excluding carboxylic acids is 1. The number of nitrogens with two attached hydrogens (primary N) is 1. The van der Waals surface area contributed by atoms with Crippen LogP contribution in [-0.4, -0.2) is 18.0 Å². The second kappa shape index (κ2) is 6.00. The van der Waals surface area contributed by atoms with E-state index in [9.17, 15) is 4.79 Å². The highest BCUT2D eigenvalue weighted by Crippen LogP contribution is 2.09. The van der Waals surface area contributed by atoms with Crippen molar-refractivity contribution in [1.82, 2.24) is 5.32 Å². The van der Waals surface area contributed by atoms with Crippen LogP contribution >= 0.6 is 12.4 Å². The molecule has 13 heavy (non-hydrogen) atoms. The monoisotopic (exact) mass is 204 g/mol. The van der Waals surface area contributed by atoms with Crippen molar-refractivity contribution in [1.29, 1.82) is 0 Å². The predicted octanol–water partition coefficient (Wildman–Crippen LogP) is 0.980. The van der Waals surface area contributed by atoms with E-state index in [0.29, 0.717) is 0 Å². The second-order valence-electron chi connectivity index (χ2n) is 3.26. The van der Waals surface area contributed by atoms with E-state index in [0.717, 1.165) is 19.3 Å². The highest BCUT2D eigenvalue weighted by Gasteiger charge is 2.13. The van der Waals surface area contributed by atoms with Crippen LogP contribution in [0.5, 0.6) is 0 Å². The van der Waals surface area contributed by atoms with Gasteiger partial charge in [-0.2, -0.15) is 0 Å². The SMILES string of the molecule is CC(N)C(=O)NC1C=CCCC1.Cl. The molecule has 0 heterocycles. The summed E-state index contributed by atoms with van der Waals surface area (Å²) in [5.74, 6) is -0.0634. The summed E-state index contributed by atoms with van der Waals surface area (Å²) in [7, 11) is 0. The summed E-state index contributed by atoms with van der Waals surface area (Å²) in [4.78, 5) is 11.1. The molecule has 76 valence electrons. The molecule has 1 amide bonds. The zero-order chi connectivity index (χ0) is 8.97. The summed E-state index contributed by atoms with van der Waals surface area (Å²) < 4.78 is 0. The van der Waals surface area contributed by atoms with Crippen molar-refractivity contribution in [3.05, 3.63) is 12.2 Å². The molecule has 0 fully saturated rings. The van der Waals surface area contributed by atoms with Crippen LogP contribution in [-0.2, 0) is 4.79 Å². The van der Waals surface area contributed by atoms with Crippen LogP contribution in [0.15, 0.2) is 12.2 Å². The molecule has 2 atom stereocenters. The van der Waals surface area contributed by atoms with Gasteiger partial charge in [-0.1, -0.05) is 12.2 Å². The maximum atomic E-state index is 11.1. The van der Waals surface area contributed by atoms with Crippen LogP contribution in [0.4, 0.5) is 0 Å². The first-order valence-corrected chi connectivity index (χ1v) is 4.43. The fourth-order valence-electron chi connectivity index (χ4n) is 1.25. The average Bonchev–Trinajstić information content (AvgIpc) is 2.06. The van der Waals surface area contributed by atoms with E-state index in [1.54, 1.807) is 6.92 Å². The zero-order valence-electron chi connectivity index (χ0n) is 7.82. The van der Waals surface area contributed by atoms with E-state index < -0.39 is 6.04 Å². The number of halogens is 1. The lowest BCUT2D eigenvalue weighted by atomic mass is 10.0. The minimum atomic E-state index is -0.402. The van der Waals surface area contributed by atoms with Crippen LogP contribution < -0.4 is 11.1 Å². The van der Waals surface area contributed by atoms with Crippen LogP contribution in [0.2, 0.25) is 0 Å². The van der Waals surface area contributed by atoms with E-state index >= 15 is 0 Å². The Labute approximate surface area is 85.2 Å². The van der Waals surface area contributed by atoms with Crippen molar-refractivity contribution in [2.45, 2.75) is 38.3 Å². The number of amides is 1. The summed E-state index contributed by atoms with van der Waals surface area (Å²) in [5.41, 5.74) is 5.42. The van der Waals surface area contributed by atoms with Gasteiger partial charge in [0.15, 0.2) is 0 Å². The Morgan fingerprint density at radius 3 is 2.85 bits per heavy atom. The molecule has 0 aromatic rings. The van der Waals surface area contributed by atoms with Gasteiger partial charge in [0.1, 0.15) is 0 Å². The molecular formula is C9H17ClN2O. The molecule has 1 aliphatic rings. The molecule has 1 rings (SSSR count). The Morgan fingerprint density at radius 1 is 1.69 bits per heavy atom. The first kappa shape index (κ1) is 12.5. The lowest BCUT2D eigenvalue weighted by Crippen LogP contribution is -2.43. The maximum Gasteiger partial charge on any atom is 0.237 e. The Hall–Kier alpha value is -0.540. The van der Waals surface area contributed by atoms with Crippen LogP contribution in [0.1, 0.15) is 26.2 Å². The molecule has 0 aliphatic heterocycles. The van der Waals surface area contributed by atoms with Gasteiger partial charge < -0.3 is 11.1 Å². The first-order valence-electron chi connectivity index (χ1n) is 4.43. The molecule has 0 saturated heterocycles. The number of rotatable bonds is 2. The topological polar surface area (TPSA) is 55.1 Å². The minimum Gasteiger partial charge on any atom is -0.349 e. The van der Waals surface area contributed by atoms with E-state index in [-0.39, 0.29) is 24.4 Å². The third kappa shape index (κ3) is 4.29. The van der Waals surface area contributed by atoms with Gasteiger partial charge in [-0.05, 0) is 26.2 Å². The Kier molecular flexibility index (Phi) is 5.75. The van der Waals surface area contributed by atoms with Crippen LogP contribution in [0.25, 0.3) is 0 Å². The summed E-state index contributed by atoms with van der Waals surface area (Å²) in [6.07, 6.45) is 7.47. The van der Waals surface area contributed by atoms with Gasteiger partial charge in [0.25, 0.3) is 0 Å². The van der Waals surface area contributed by atoms with Crippen LogP contribution in [0.3, 0.4) is 0 Å². The standard InChI is InChI=1S/C9H16N2O.ClH/c1-7(10)9(12)11-8-5-3-2-4-6-8;/h3,5,7-8H,2,4,6,10H2,1H3,(H,11,12);1H. The number of carbonyl (C=O) groups is 1. The smallest absolute Gasteiger partial charge is 0.237 e. The molecule has 0 saturated carbocycles. The van der Waals surface area contributed by atoms with Crippen molar-refractivity contribution in [2.24, 2.45) is 5.73 Å². The quantitative estimate of drug-likeness (QED) is 0.659. The molecule has 0 aromatic carbocycles. The molecule has 0 bridgehead atoms. The highest BCUT2D eigenvalue weighted by molar-refractivity contribution is 5.85. The summed E-state index contributed by atoms with van der Waals surface area (Å²) >= 11 is 0. The second-order valence-corrected chi connectivity index (χ2v) is 3.26. The van der Waals surface area contributed by atoms with Gasteiger partial charge >= 0.3 is 0 Å². The molecular weight excluding hydrogens is 188 g/mol. The Balaban J connectivity index is 0.00000144. The van der Waals surface area contributed by atoms with Crippen molar-refractivity contribution in [3.63, 3.8) is 0 Å². The number of nitrogens with one attached hydrogen (secondary N) is 1. The third-order valence-corrected chi connectivity index (χ3v) is 2.00. The fourth-order valence-corrected chi connectivity index (χ4v) is 1.25. The lowest BCUT2D eigenvalue weighted by molar-refractivity contribution is -0.122. The molecule has 1 aliphatic carbocycles. The lowest BCUT2D eigenvalue weighted by Gasteiger charge is -2.18. The minimum absolute atomic E-state index is 0. The molecule has 2 unspecified atom stereocenters. The highest BCUT2D eigenvalue weighted by atomic mass is 35.5. The molecule has 0 aromatic heterocycles. The normalized spacial score (nSPS) is 23.1. The van der Waals surface area contributed by atoms with Crippen molar-refractivity contribution < 1.29 is 4.79 Å². The zero-order valence-corrected chi connectivity index (χ0v) is 8.64. The van der Waals surface area contributed by atoms with Crippen molar-refractivity contribution in [3.8, 4) is 0 Å². The molecule has 0 radical (unpaired) electrons. The summed E-state index contributed by atoms with van der Waals surface area (Å²) in [5, 5.41) is 2.87. The number of hydrogen-bond donors (Lipinski definition) is 2. The molecule has 3 nitrogen and oxygen atoms in total. The van der Waals surface area contributed by atoms with Crippen molar-refractivity contribution in [2.75, 3.05) is 0 Å². The van der Waals surface area contributed by atoms with Gasteiger partial charge in [0.05, 0.1) is 6.04 Å². The van der Waals surface area contributed by atoms with Gasteiger partial charge in [0, 0.05) is 6.04 Å². The van der Waals surface area contributed by atoms with E-state index in [2.05, 4.69) is 11.4 Å². The number of allylic oxidation sites excluding steroid dienone is 1. The van der Waals surface area contributed by atoms with E-state index in [4.69, 9.17) is 5.73 Å². The number of hydrogen-bond acceptors (Lipinski definition) is 2. The molecule has 3 N–H and O–H groups in total. The first-order chi connectivity index (χ1) is 5.70. The molecule has 0 spiro atoms. The third-order valence-electron chi connectivity index (χ3n) is 2.00. The fraction of sp³-hybridized carbons (Fsp3) is 0.667. The average molecular weight is 205 g/mol. The predicted molar refractivity (Wildman–Crippen MR) is 55.8 cm³/mol. The maximum absolute atomic E-state index is 11.1. The van der Waals surface area contributed by atoms with Gasteiger partial charge in [-0.3, -0.25) is 4.79 Å². The molecule has 4 heteroatoms. The Bertz CT molecular complexity index is 192. The van der Waals surface area contributed by atoms with Crippen LogP contribution in [0, 0.1) is 0 Å². The van der Waals surface area contributed by atoms with Gasteiger partial charge in [-0.15, -0.1) is 12.4 Å². The summed E-state index contributed by atoms with van der Waals surface area (Å²) in [6, 6.07) is -0.197.